The van der Waals surface area contributed by atoms with E-state index in [0.29, 0.717) is 36.1 Å². The molecule has 0 radical (unpaired) electrons. The first-order valence-corrected chi connectivity index (χ1v) is 11.6. The number of hydrogen-bond acceptors (Lipinski definition) is 6. The molecule has 2 aliphatic heterocycles. The number of halogens is 3. The average Bonchev–Trinajstić information content (AvgIpc) is 3.30. The smallest absolute Gasteiger partial charge is 0.363 e. The fraction of sp³-hybridized carbons (Fsp3) is 0.308. The number of anilines is 2. The highest BCUT2D eigenvalue weighted by Crippen LogP contribution is 2.40. The molecular formula is C26H25F3N6O. The standard InChI is InChI=1S/C26H25F3N6O/c1-14-18(6-5-7-21(14)26(27,28)29)15(2)31-23-20-12-19(17-8-9-22(36)34(4)13-17)24-30-10-11-35(24)25(20)33-16(3)32-23/h5-9,12-13,15H,10-11H2,1-4H3,(H,31,32,33)/t15-/m1/s1. The Bertz CT molecular complexity index is 1490. The second-order valence-corrected chi connectivity index (χ2v) is 9.02. The number of alkyl halides is 3. The topological polar surface area (TPSA) is 75.4 Å². The molecular weight excluding hydrogens is 469 g/mol. The fourth-order valence-corrected chi connectivity index (χ4v) is 4.79. The van der Waals surface area contributed by atoms with Crippen LogP contribution in [0.1, 0.15) is 46.6 Å². The van der Waals surface area contributed by atoms with Crippen LogP contribution in [0.3, 0.4) is 0 Å². The molecule has 1 atom stereocenters. The third-order valence-electron chi connectivity index (χ3n) is 6.56. The average molecular weight is 495 g/mol. The van der Waals surface area contributed by atoms with Crippen LogP contribution in [0.4, 0.5) is 24.8 Å². The largest absolute Gasteiger partial charge is 0.416 e. The zero-order valence-corrected chi connectivity index (χ0v) is 20.3. The molecule has 0 saturated carbocycles. The number of fused-ring (bicyclic) bond motifs is 3. The van der Waals surface area contributed by atoms with E-state index in [1.54, 1.807) is 32.3 Å². The van der Waals surface area contributed by atoms with Crippen molar-refractivity contribution in [3.8, 4) is 0 Å². The molecule has 0 saturated heterocycles. The third-order valence-corrected chi connectivity index (χ3v) is 6.56. The van der Waals surface area contributed by atoms with Gasteiger partial charge in [0.25, 0.3) is 0 Å². The van der Waals surface area contributed by atoms with Crippen molar-refractivity contribution in [1.29, 1.82) is 0 Å². The minimum Gasteiger partial charge on any atom is -0.363 e. The summed E-state index contributed by atoms with van der Waals surface area (Å²) in [5.74, 6) is 2.53. The maximum atomic E-state index is 13.5. The number of rotatable bonds is 4. The van der Waals surface area contributed by atoms with Crippen LogP contribution in [-0.4, -0.2) is 33.5 Å². The number of aliphatic imine (C=N–C) groups is 1. The van der Waals surface area contributed by atoms with E-state index in [1.165, 1.54) is 23.6 Å². The molecule has 10 heteroatoms. The van der Waals surface area contributed by atoms with Gasteiger partial charge in [0.1, 0.15) is 23.3 Å². The Labute approximate surface area is 206 Å². The van der Waals surface area contributed by atoms with Gasteiger partial charge in [0, 0.05) is 37.0 Å². The first kappa shape index (κ1) is 23.8. The summed E-state index contributed by atoms with van der Waals surface area (Å²) in [7, 11) is 1.69. The Morgan fingerprint density at radius 1 is 1.11 bits per heavy atom. The molecule has 0 unspecified atom stereocenters. The Hall–Kier alpha value is -3.95. The van der Waals surface area contributed by atoms with Crippen LogP contribution in [0.2, 0.25) is 0 Å². The normalized spacial score (nSPS) is 15.7. The van der Waals surface area contributed by atoms with E-state index < -0.39 is 17.8 Å². The van der Waals surface area contributed by atoms with E-state index in [0.717, 1.165) is 28.6 Å². The third kappa shape index (κ3) is 4.06. The summed E-state index contributed by atoms with van der Waals surface area (Å²) >= 11 is 0. The van der Waals surface area contributed by atoms with Crippen molar-refractivity contribution in [2.24, 2.45) is 12.0 Å². The lowest BCUT2D eigenvalue weighted by molar-refractivity contribution is -0.138. The quantitative estimate of drug-likeness (QED) is 0.566. The summed E-state index contributed by atoms with van der Waals surface area (Å²) in [6.07, 6.45) is -0.735. The van der Waals surface area contributed by atoms with Crippen LogP contribution in [0.15, 0.2) is 46.3 Å². The van der Waals surface area contributed by atoms with Gasteiger partial charge in [0.05, 0.1) is 23.7 Å². The number of amidine groups is 1. The number of benzene rings is 1. The monoisotopic (exact) mass is 494 g/mol. The molecule has 4 heterocycles. The molecule has 3 aromatic rings. The van der Waals surface area contributed by atoms with E-state index in [1.807, 2.05) is 17.9 Å². The van der Waals surface area contributed by atoms with Gasteiger partial charge in [-0.2, -0.15) is 13.2 Å². The molecule has 5 rings (SSSR count). The minimum absolute atomic E-state index is 0.118. The molecule has 1 aromatic carbocycles. The van der Waals surface area contributed by atoms with Crippen LogP contribution in [0.25, 0.3) is 11.6 Å². The maximum absolute atomic E-state index is 13.5. The molecule has 7 nitrogen and oxygen atoms in total. The summed E-state index contributed by atoms with van der Waals surface area (Å²) in [6.45, 7) is 6.33. The Kier molecular flexibility index (Phi) is 5.69. The predicted molar refractivity (Wildman–Crippen MR) is 134 cm³/mol. The maximum Gasteiger partial charge on any atom is 0.416 e. The SMILES string of the molecule is Cc1nc(N[C@H](C)c2cccc(C(F)(F)F)c2C)c2c(n1)N1CCN=C1C(c1ccc(=O)n(C)c1)=C2. The predicted octanol–water partition coefficient (Wildman–Crippen LogP) is 4.76. The Morgan fingerprint density at radius 2 is 1.89 bits per heavy atom. The van der Waals surface area contributed by atoms with Crippen molar-refractivity contribution in [3.05, 3.63) is 80.5 Å². The van der Waals surface area contributed by atoms with Crippen molar-refractivity contribution in [2.75, 3.05) is 23.3 Å². The van der Waals surface area contributed by atoms with Gasteiger partial charge in [-0.15, -0.1) is 0 Å². The second-order valence-electron chi connectivity index (χ2n) is 9.02. The van der Waals surface area contributed by atoms with E-state index >= 15 is 0 Å². The van der Waals surface area contributed by atoms with Gasteiger partial charge in [-0.25, -0.2) is 9.97 Å². The summed E-state index contributed by atoms with van der Waals surface area (Å²) in [6, 6.07) is 7.03. The van der Waals surface area contributed by atoms with E-state index in [2.05, 4.69) is 20.3 Å². The Morgan fingerprint density at radius 3 is 2.61 bits per heavy atom. The lowest BCUT2D eigenvalue weighted by Gasteiger charge is -2.30. The number of aromatic nitrogens is 3. The lowest BCUT2D eigenvalue weighted by Crippen LogP contribution is -2.33. The van der Waals surface area contributed by atoms with Crippen molar-refractivity contribution in [2.45, 2.75) is 33.0 Å². The van der Waals surface area contributed by atoms with Crippen LogP contribution < -0.4 is 15.8 Å². The second kappa shape index (κ2) is 8.61. The van der Waals surface area contributed by atoms with Gasteiger partial charge < -0.3 is 14.8 Å². The van der Waals surface area contributed by atoms with Crippen molar-refractivity contribution in [3.63, 3.8) is 0 Å². The summed E-state index contributed by atoms with van der Waals surface area (Å²) < 4.78 is 42.0. The van der Waals surface area contributed by atoms with Gasteiger partial charge >= 0.3 is 6.18 Å². The summed E-state index contributed by atoms with van der Waals surface area (Å²) in [4.78, 5) is 27.9. The molecule has 186 valence electrons. The van der Waals surface area contributed by atoms with E-state index in [4.69, 9.17) is 0 Å². The Balaban J connectivity index is 1.61. The van der Waals surface area contributed by atoms with Crippen molar-refractivity contribution >= 4 is 29.1 Å². The highest BCUT2D eigenvalue weighted by atomic mass is 19.4. The molecule has 2 aliphatic rings. The zero-order valence-electron chi connectivity index (χ0n) is 20.3. The number of hydrogen-bond donors (Lipinski definition) is 1. The van der Waals surface area contributed by atoms with Gasteiger partial charge in [0.2, 0.25) is 5.56 Å². The number of pyridine rings is 1. The van der Waals surface area contributed by atoms with Gasteiger partial charge in [-0.1, -0.05) is 12.1 Å². The van der Waals surface area contributed by atoms with Crippen molar-refractivity contribution in [1.82, 2.24) is 14.5 Å². The van der Waals surface area contributed by atoms with Gasteiger partial charge in [-0.3, -0.25) is 9.79 Å². The van der Waals surface area contributed by atoms with E-state index in [-0.39, 0.29) is 11.1 Å². The van der Waals surface area contributed by atoms with E-state index in [9.17, 15) is 18.0 Å². The molecule has 0 aliphatic carbocycles. The number of aryl methyl sites for hydroxylation is 2. The summed E-state index contributed by atoms with van der Waals surface area (Å²) in [5.41, 5.74) is 2.32. The van der Waals surface area contributed by atoms with Crippen molar-refractivity contribution < 1.29 is 13.2 Å². The molecule has 0 amide bonds. The van der Waals surface area contributed by atoms with Crippen LogP contribution in [-0.2, 0) is 13.2 Å². The first-order chi connectivity index (χ1) is 17.0. The zero-order chi connectivity index (χ0) is 25.8. The highest BCUT2D eigenvalue weighted by Gasteiger charge is 2.34. The molecule has 0 spiro atoms. The van der Waals surface area contributed by atoms with Gasteiger partial charge in [-0.05, 0) is 50.1 Å². The van der Waals surface area contributed by atoms with Gasteiger partial charge in [0.15, 0.2) is 0 Å². The highest BCUT2D eigenvalue weighted by molar-refractivity contribution is 6.36. The molecule has 0 fully saturated rings. The number of nitrogens with one attached hydrogen (secondary N) is 1. The fourth-order valence-electron chi connectivity index (χ4n) is 4.79. The molecule has 2 aromatic heterocycles. The molecule has 1 N–H and O–H groups in total. The van der Waals surface area contributed by atoms with Crippen LogP contribution in [0, 0.1) is 13.8 Å². The summed E-state index contributed by atoms with van der Waals surface area (Å²) in [5, 5.41) is 3.33. The number of nitrogens with zero attached hydrogens (tertiary/aromatic N) is 5. The molecule has 0 bridgehead atoms. The lowest BCUT2D eigenvalue weighted by atomic mass is 9.96. The molecule has 36 heavy (non-hydrogen) atoms. The van der Waals surface area contributed by atoms with Crippen LogP contribution in [0.5, 0.6) is 0 Å². The first-order valence-electron chi connectivity index (χ1n) is 11.6. The van der Waals surface area contributed by atoms with Crippen LogP contribution >= 0.6 is 0 Å². The minimum atomic E-state index is -4.43.